The van der Waals surface area contributed by atoms with Crippen LogP contribution in [0.1, 0.15) is 103 Å². The molecule has 1 N–H and O–H groups in total. The fourth-order valence-corrected chi connectivity index (χ4v) is 26.0. The molecule has 0 saturated carbocycles. The predicted octanol–water partition coefficient (Wildman–Crippen LogP) is 16.5. The third kappa shape index (κ3) is 2.31. The maximum absolute atomic E-state index is 16.9. The molecule has 9 heteroatoms. The zero-order valence-electron chi connectivity index (χ0n) is 46.1. The smallest absolute Gasteiger partial charge is 0.265 e. The van der Waals surface area contributed by atoms with E-state index in [4.69, 9.17) is 38.5 Å². The van der Waals surface area contributed by atoms with Gasteiger partial charge >= 0.3 is 0 Å². The van der Waals surface area contributed by atoms with E-state index in [1.165, 1.54) is 215 Å². The minimum atomic E-state index is -2.20. The van der Waals surface area contributed by atoms with Crippen LogP contribution in [-0.4, -0.2) is 36.1 Å². The first-order chi connectivity index (χ1) is 41.3. The van der Waals surface area contributed by atoms with Gasteiger partial charge in [0.05, 0.1) is 16.6 Å². The third-order valence-corrected chi connectivity index (χ3v) is 26.7. The Morgan fingerprint density at radius 2 is 0.553 bits per heavy atom. The summed E-state index contributed by atoms with van der Waals surface area (Å²) < 4.78 is 32.9. The summed E-state index contributed by atoms with van der Waals surface area (Å²) in [5.74, 6) is -2.62. The highest BCUT2D eigenvalue weighted by Crippen LogP contribution is 2.88. The van der Waals surface area contributed by atoms with E-state index in [2.05, 4.69) is 71.9 Å². The molecular formula is C76H30O9. The first kappa shape index (κ1) is 37.8. The molecule has 22 aromatic carbocycles. The molecule has 0 amide bonds. The van der Waals surface area contributed by atoms with Crippen LogP contribution in [0.15, 0.2) is 53.0 Å². The molecule has 4 aliphatic heterocycles. The minimum Gasteiger partial charge on any atom is -0.454 e. The van der Waals surface area contributed by atoms with E-state index in [9.17, 15) is 0 Å². The van der Waals surface area contributed by atoms with Gasteiger partial charge in [-0.3, -0.25) is 0 Å². The average Bonchev–Trinajstić information content (AvgIpc) is 1.38. The van der Waals surface area contributed by atoms with Crippen LogP contribution in [0, 0.1) is 0 Å². The van der Waals surface area contributed by atoms with Crippen LogP contribution < -0.4 is 0 Å². The van der Waals surface area contributed by atoms with Crippen molar-refractivity contribution in [2.75, 3.05) is 14.2 Å². The Morgan fingerprint density at radius 3 is 0.824 bits per heavy atom. The molecule has 0 saturated heterocycles. The summed E-state index contributed by atoms with van der Waals surface area (Å²) in [5, 5.41) is 69.9. The van der Waals surface area contributed by atoms with E-state index in [1.54, 1.807) is 0 Å². The van der Waals surface area contributed by atoms with Gasteiger partial charge in [-0.1, -0.05) is 30.3 Å². The zero-order valence-corrected chi connectivity index (χ0v) is 46.1. The molecule has 4 heterocycles. The van der Waals surface area contributed by atoms with Gasteiger partial charge in [-0.15, -0.1) is 0 Å². The molecular weight excluding hydrogens is 1060 g/mol. The van der Waals surface area contributed by atoms with E-state index >= 15 is 5.11 Å². The van der Waals surface area contributed by atoms with Crippen molar-refractivity contribution in [2.24, 2.45) is 0 Å². The summed E-state index contributed by atoms with van der Waals surface area (Å²) >= 11 is 0. The number of hydrogen-bond acceptors (Lipinski definition) is 9. The number of ether oxygens (including phenoxy) is 4. The lowest BCUT2D eigenvalue weighted by atomic mass is 9.58. The summed E-state index contributed by atoms with van der Waals surface area (Å²) in [5.41, 5.74) is 3.52. The highest BCUT2D eigenvalue weighted by Gasteiger charge is 2.85. The van der Waals surface area contributed by atoms with Gasteiger partial charge in [0.1, 0.15) is 11.5 Å². The molecule has 0 spiro atoms. The lowest BCUT2D eigenvalue weighted by Gasteiger charge is -2.46. The molecule has 4 atom stereocenters. The fraction of sp³-hybridized carbons (Fsp3) is 0.211. The van der Waals surface area contributed by atoms with Crippen molar-refractivity contribution < 1.29 is 43.6 Å². The Bertz CT molecular complexity index is 7080. The van der Waals surface area contributed by atoms with Crippen LogP contribution in [0.25, 0.3) is 215 Å². The summed E-state index contributed by atoms with van der Waals surface area (Å²) in [7, 11) is 3.72. The first-order valence-corrected chi connectivity index (χ1v) is 30.6. The quantitative estimate of drug-likeness (QED) is 0.0951. The van der Waals surface area contributed by atoms with Crippen molar-refractivity contribution in [3.8, 4) is 0 Å². The Balaban J connectivity index is 1.10. The molecule has 85 heavy (non-hydrogen) atoms. The normalized spacial score (nSPS) is 29.2. The molecule has 4 bridgehead atoms. The zero-order chi connectivity index (χ0) is 53.9. The molecule has 0 fully saturated rings. The van der Waals surface area contributed by atoms with Gasteiger partial charge in [0, 0.05) is 91.4 Å². The Morgan fingerprint density at radius 1 is 0.318 bits per heavy atom. The Labute approximate surface area is 471 Å². The van der Waals surface area contributed by atoms with Gasteiger partial charge in [0.2, 0.25) is 0 Å². The fourth-order valence-electron chi connectivity index (χ4n) is 26.0. The maximum atomic E-state index is 16.9. The van der Waals surface area contributed by atoms with Crippen molar-refractivity contribution in [2.45, 2.75) is 86.5 Å². The van der Waals surface area contributed by atoms with Crippen LogP contribution in [-0.2, 0) is 66.7 Å². The summed E-state index contributed by atoms with van der Waals surface area (Å²) in [6.07, 6.45) is 0. The van der Waals surface area contributed by atoms with Crippen LogP contribution in [0.2, 0.25) is 0 Å². The van der Waals surface area contributed by atoms with Crippen molar-refractivity contribution in [3.63, 3.8) is 0 Å². The van der Waals surface area contributed by atoms with E-state index in [-0.39, 0.29) is 0 Å². The summed E-state index contributed by atoms with van der Waals surface area (Å²) in [4.78, 5) is 30.9. The molecule has 33 rings (SSSR count). The Hall–Kier alpha value is -8.48. The van der Waals surface area contributed by atoms with Crippen molar-refractivity contribution in [1.82, 2.24) is 0 Å². The number of benzene rings is 16. The van der Waals surface area contributed by atoms with Gasteiger partial charge in [-0.25, -0.2) is 19.6 Å². The largest absolute Gasteiger partial charge is 0.454 e. The second-order valence-electron chi connectivity index (χ2n) is 30.8. The Kier molecular flexibility index (Phi) is 3.94. The third-order valence-electron chi connectivity index (χ3n) is 26.7. The SMILES string of the molecule is COC12OC3=C4C5=C6OC7(OC)c8c9c%10c%11c(c%12c%13c%14c(c1c1c%15c2c2c%16c%17c(c7c7c8c8c%10c%10c%18c%11c%13c%11c%13c%14c1c1c%14c%15c%16c%15c%16c%17c7c7c8c%10c8c(c%11%18)c(c1%13)c(c%14%15)c8c7%16)C2(c1ccccc1)C36O)C4%12OOC(C)(C)C)C59OOC(C)(C)C. The highest BCUT2D eigenvalue weighted by atomic mass is 17.2. The number of methoxy groups -OCH3 is 2. The van der Waals surface area contributed by atoms with E-state index in [0.29, 0.717) is 22.7 Å². The van der Waals surface area contributed by atoms with Crippen LogP contribution >= 0.6 is 0 Å². The second kappa shape index (κ2) is 8.86. The monoisotopic (exact) mass is 1090 g/mol. The van der Waals surface area contributed by atoms with Crippen molar-refractivity contribution in [3.05, 3.63) is 114 Å². The summed E-state index contributed by atoms with van der Waals surface area (Å²) in [6.45, 7) is 12.5. The molecule has 11 aliphatic rings. The van der Waals surface area contributed by atoms with Crippen molar-refractivity contribution in [1.29, 1.82) is 0 Å². The van der Waals surface area contributed by atoms with Crippen molar-refractivity contribution >= 4 is 215 Å². The minimum absolute atomic E-state index is 0.332. The molecule has 388 valence electrons. The summed E-state index contributed by atoms with van der Waals surface area (Å²) in [6, 6.07) is 11.0. The van der Waals surface area contributed by atoms with Crippen LogP contribution in [0.4, 0.5) is 0 Å². The molecule has 22 aromatic rings. The number of hydrogen-bond donors (Lipinski definition) is 1. The first-order valence-electron chi connectivity index (χ1n) is 30.6. The standard InChI is InChI=1S/C76H30O9/c1-69(2,3)82-84-72-57-47-37-27-22-17-18-15-16-19(17)24-30-28(22)38(37)48-50-40(30)44-34(24)32-21(16)26-25-20(15)31-33-23(18)29(27)39-43(33)53-51-41(31)35(25)45-46-36(26)42(32)52-54(44)64-60(50)73(58(48)57,85-83-70(4,5)6)66-65(72)67-74(77)68(66)81-76(64,79-8)62(52)56(46)71(74,14-12-10-9-11-13-14)55(45)61(51)75(78-7,80-67)63(53)59(72)49(39)47/h9-13,77H,1-8H3. The van der Waals surface area contributed by atoms with E-state index in [1.807, 2.05) is 14.2 Å². The topological polar surface area (TPSA) is 94.1 Å². The van der Waals surface area contributed by atoms with E-state index in [0.717, 1.165) is 61.2 Å². The van der Waals surface area contributed by atoms with Crippen LogP contribution in [0.5, 0.6) is 0 Å². The van der Waals surface area contributed by atoms with E-state index < -0.39 is 45.0 Å². The van der Waals surface area contributed by atoms with Gasteiger partial charge in [-0.2, -0.15) is 0 Å². The second-order valence-corrected chi connectivity index (χ2v) is 30.8. The van der Waals surface area contributed by atoms with Gasteiger partial charge in [-0.05, 0) is 252 Å². The van der Waals surface area contributed by atoms with Gasteiger partial charge < -0.3 is 24.1 Å². The van der Waals surface area contributed by atoms with Gasteiger partial charge in [0.25, 0.3) is 11.6 Å². The highest BCUT2D eigenvalue weighted by molar-refractivity contribution is 6.77. The average molecular weight is 1090 g/mol. The molecule has 0 aromatic heterocycles. The van der Waals surface area contributed by atoms with Gasteiger partial charge in [0.15, 0.2) is 16.8 Å². The number of rotatable bonds is 7. The molecule has 9 nitrogen and oxygen atoms in total. The molecule has 4 unspecified atom stereocenters. The molecule has 7 aliphatic carbocycles. The number of aliphatic hydroxyl groups is 1. The predicted molar refractivity (Wildman–Crippen MR) is 326 cm³/mol. The van der Waals surface area contributed by atoms with Crippen LogP contribution in [0.3, 0.4) is 0 Å². The lowest BCUT2D eigenvalue weighted by Crippen LogP contribution is -2.54. The molecule has 0 radical (unpaired) electrons. The maximum Gasteiger partial charge on any atom is 0.265 e. The lowest BCUT2D eigenvalue weighted by molar-refractivity contribution is -0.402.